The number of carbonyl (C=O) groups excluding carboxylic acids is 1. The van der Waals surface area contributed by atoms with Crippen LogP contribution in [0.15, 0.2) is 28.9 Å². The van der Waals surface area contributed by atoms with Gasteiger partial charge in [0.05, 0.1) is 17.1 Å². The van der Waals surface area contributed by atoms with Crippen molar-refractivity contribution in [1.82, 2.24) is 5.16 Å². The number of aromatic nitrogens is 1. The SMILES string of the molecule is NC(=O)c1cccc2oncc12. The Morgan fingerprint density at radius 3 is 3.08 bits per heavy atom. The first-order valence-electron chi connectivity index (χ1n) is 3.42. The molecule has 1 aromatic heterocycles. The third-order valence-electron chi connectivity index (χ3n) is 1.66. The fourth-order valence-electron chi connectivity index (χ4n) is 1.11. The van der Waals surface area contributed by atoms with Crippen molar-refractivity contribution in [3.63, 3.8) is 0 Å². The lowest BCUT2D eigenvalue weighted by atomic mass is 10.1. The lowest BCUT2D eigenvalue weighted by Crippen LogP contribution is -2.10. The van der Waals surface area contributed by atoms with Gasteiger partial charge in [0.25, 0.3) is 0 Å². The molecule has 0 saturated heterocycles. The number of nitrogens with two attached hydrogens (primary N) is 1. The Morgan fingerprint density at radius 1 is 1.50 bits per heavy atom. The van der Waals surface area contributed by atoms with Crippen molar-refractivity contribution < 1.29 is 9.32 Å². The van der Waals surface area contributed by atoms with Crippen LogP contribution in [0.2, 0.25) is 0 Å². The van der Waals surface area contributed by atoms with Gasteiger partial charge < -0.3 is 10.3 Å². The number of carbonyl (C=O) groups is 1. The molecule has 2 rings (SSSR count). The summed E-state index contributed by atoms with van der Waals surface area (Å²) in [6, 6.07) is 5.07. The van der Waals surface area contributed by atoms with Crippen LogP contribution >= 0.6 is 0 Å². The van der Waals surface area contributed by atoms with Crippen LogP contribution < -0.4 is 5.73 Å². The molecule has 2 N–H and O–H groups in total. The predicted octanol–water partition coefficient (Wildman–Crippen LogP) is 0.927. The van der Waals surface area contributed by atoms with Gasteiger partial charge in [-0.15, -0.1) is 0 Å². The molecule has 0 spiro atoms. The molecule has 0 bridgehead atoms. The van der Waals surface area contributed by atoms with Crippen LogP contribution in [0.4, 0.5) is 0 Å². The quantitative estimate of drug-likeness (QED) is 0.678. The minimum absolute atomic E-state index is 0.439. The van der Waals surface area contributed by atoms with E-state index in [1.807, 2.05) is 0 Å². The molecule has 0 radical (unpaired) electrons. The molecule has 4 nitrogen and oxygen atoms in total. The number of fused-ring (bicyclic) bond motifs is 1. The standard InChI is InChI=1S/C8H6N2O2/c9-8(11)5-2-1-3-7-6(5)4-10-12-7/h1-4H,(H2,9,11). The number of primary amides is 1. The molecule has 0 aliphatic carbocycles. The van der Waals surface area contributed by atoms with Crippen molar-refractivity contribution in [3.8, 4) is 0 Å². The zero-order valence-corrected chi connectivity index (χ0v) is 6.15. The molecule has 12 heavy (non-hydrogen) atoms. The fraction of sp³-hybridized carbons (Fsp3) is 0. The summed E-state index contributed by atoms with van der Waals surface area (Å²) in [5.41, 5.74) is 6.14. The Bertz CT molecular complexity index is 433. The van der Waals surface area contributed by atoms with E-state index in [0.717, 1.165) is 0 Å². The molecule has 1 heterocycles. The van der Waals surface area contributed by atoms with E-state index in [4.69, 9.17) is 10.3 Å². The Morgan fingerprint density at radius 2 is 2.33 bits per heavy atom. The second-order valence-corrected chi connectivity index (χ2v) is 2.41. The number of hydrogen-bond donors (Lipinski definition) is 1. The monoisotopic (exact) mass is 162 g/mol. The molecule has 0 saturated carbocycles. The molecular weight excluding hydrogens is 156 g/mol. The number of amides is 1. The Labute approximate surface area is 67.9 Å². The van der Waals surface area contributed by atoms with Gasteiger partial charge in [0.2, 0.25) is 5.91 Å². The fourth-order valence-corrected chi connectivity index (χ4v) is 1.11. The van der Waals surface area contributed by atoms with Gasteiger partial charge in [-0.05, 0) is 12.1 Å². The normalized spacial score (nSPS) is 10.3. The summed E-state index contributed by atoms with van der Waals surface area (Å²) in [5, 5.41) is 4.22. The smallest absolute Gasteiger partial charge is 0.249 e. The van der Waals surface area contributed by atoms with E-state index in [1.165, 1.54) is 6.20 Å². The van der Waals surface area contributed by atoms with Gasteiger partial charge in [-0.1, -0.05) is 11.2 Å². The maximum absolute atomic E-state index is 10.9. The third kappa shape index (κ3) is 0.852. The molecule has 0 aliphatic rings. The first-order valence-corrected chi connectivity index (χ1v) is 3.42. The number of benzene rings is 1. The second kappa shape index (κ2) is 2.34. The minimum atomic E-state index is -0.469. The van der Waals surface area contributed by atoms with E-state index in [-0.39, 0.29) is 0 Å². The van der Waals surface area contributed by atoms with E-state index in [1.54, 1.807) is 18.2 Å². The topological polar surface area (TPSA) is 69.1 Å². The molecule has 0 atom stereocenters. The molecule has 0 unspecified atom stereocenters. The van der Waals surface area contributed by atoms with E-state index in [9.17, 15) is 4.79 Å². The molecule has 2 aromatic rings. The lowest BCUT2D eigenvalue weighted by molar-refractivity contribution is 0.100. The van der Waals surface area contributed by atoms with Gasteiger partial charge in [0.1, 0.15) is 0 Å². The highest BCUT2D eigenvalue weighted by Gasteiger charge is 2.07. The maximum atomic E-state index is 10.9. The number of hydrogen-bond acceptors (Lipinski definition) is 3. The van der Waals surface area contributed by atoms with E-state index in [0.29, 0.717) is 16.5 Å². The van der Waals surface area contributed by atoms with Crippen LogP contribution in [0, 0.1) is 0 Å². The van der Waals surface area contributed by atoms with Crippen molar-refractivity contribution in [2.24, 2.45) is 5.73 Å². The Balaban J connectivity index is 2.82. The predicted molar refractivity (Wildman–Crippen MR) is 42.5 cm³/mol. The lowest BCUT2D eigenvalue weighted by Gasteiger charge is -1.93. The average molecular weight is 162 g/mol. The first kappa shape index (κ1) is 6.84. The largest absolute Gasteiger partial charge is 0.366 e. The molecule has 0 fully saturated rings. The van der Waals surface area contributed by atoms with Crippen LogP contribution in [0.3, 0.4) is 0 Å². The van der Waals surface area contributed by atoms with Crippen molar-refractivity contribution in [2.45, 2.75) is 0 Å². The van der Waals surface area contributed by atoms with Gasteiger partial charge in [-0.2, -0.15) is 0 Å². The van der Waals surface area contributed by atoms with Crippen molar-refractivity contribution >= 4 is 16.9 Å². The summed E-state index contributed by atoms with van der Waals surface area (Å²) >= 11 is 0. The van der Waals surface area contributed by atoms with Gasteiger partial charge in [-0.3, -0.25) is 4.79 Å². The second-order valence-electron chi connectivity index (χ2n) is 2.41. The summed E-state index contributed by atoms with van der Waals surface area (Å²) in [5.74, 6) is -0.469. The van der Waals surface area contributed by atoms with E-state index < -0.39 is 5.91 Å². The summed E-state index contributed by atoms with van der Waals surface area (Å²) < 4.78 is 4.85. The summed E-state index contributed by atoms with van der Waals surface area (Å²) in [7, 11) is 0. The highest BCUT2D eigenvalue weighted by molar-refractivity contribution is 6.04. The zero-order chi connectivity index (χ0) is 8.55. The summed E-state index contributed by atoms with van der Waals surface area (Å²) in [4.78, 5) is 10.9. The van der Waals surface area contributed by atoms with E-state index >= 15 is 0 Å². The Kier molecular flexibility index (Phi) is 1.33. The molecule has 1 amide bonds. The molecule has 0 aliphatic heterocycles. The van der Waals surface area contributed by atoms with Crippen LogP contribution in [0.5, 0.6) is 0 Å². The van der Waals surface area contributed by atoms with Gasteiger partial charge in [0.15, 0.2) is 5.58 Å². The minimum Gasteiger partial charge on any atom is -0.366 e. The summed E-state index contributed by atoms with van der Waals surface area (Å²) in [6.07, 6.45) is 1.48. The maximum Gasteiger partial charge on any atom is 0.249 e. The van der Waals surface area contributed by atoms with Crippen LogP contribution in [-0.2, 0) is 0 Å². The zero-order valence-electron chi connectivity index (χ0n) is 6.15. The highest BCUT2D eigenvalue weighted by atomic mass is 16.5. The average Bonchev–Trinajstić information content (AvgIpc) is 2.49. The molecular formula is C8H6N2O2. The molecule has 4 heteroatoms. The number of nitrogens with zero attached hydrogens (tertiary/aromatic N) is 1. The van der Waals surface area contributed by atoms with Gasteiger partial charge >= 0.3 is 0 Å². The molecule has 1 aromatic carbocycles. The number of rotatable bonds is 1. The summed E-state index contributed by atoms with van der Waals surface area (Å²) in [6.45, 7) is 0. The van der Waals surface area contributed by atoms with Crippen LogP contribution in [0.25, 0.3) is 11.0 Å². The van der Waals surface area contributed by atoms with Gasteiger partial charge in [0, 0.05) is 0 Å². The van der Waals surface area contributed by atoms with E-state index in [2.05, 4.69) is 5.16 Å². The Hall–Kier alpha value is -1.84. The van der Waals surface area contributed by atoms with Crippen LogP contribution in [0.1, 0.15) is 10.4 Å². The van der Waals surface area contributed by atoms with Crippen molar-refractivity contribution in [2.75, 3.05) is 0 Å². The highest BCUT2D eigenvalue weighted by Crippen LogP contribution is 2.16. The van der Waals surface area contributed by atoms with Crippen molar-refractivity contribution in [1.29, 1.82) is 0 Å². The third-order valence-corrected chi connectivity index (χ3v) is 1.66. The van der Waals surface area contributed by atoms with Gasteiger partial charge in [-0.25, -0.2) is 0 Å². The van der Waals surface area contributed by atoms with Crippen LogP contribution in [-0.4, -0.2) is 11.1 Å². The molecule has 60 valence electrons. The first-order chi connectivity index (χ1) is 5.79. The van der Waals surface area contributed by atoms with Crippen molar-refractivity contribution in [3.05, 3.63) is 30.0 Å².